The van der Waals surface area contributed by atoms with E-state index in [4.69, 9.17) is 0 Å². The number of hydrogen-bond acceptors (Lipinski definition) is 2. The van der Waals surface area contributed by atoms with Gasteiger partial charge >= 0.3 is 0 Å². The predicted molar refractivity (Wildman–Crippen MR) is 69.8 cm³/mol. The Kier molecular flexibility index (Phi) is 4.84. The SMILES string of the molecule is CC1CCC(C(=O)NCCC2CCCN2)CC1. The maximum atomic E-state index is 11.9. The molecule has 1 amide bonds. The zero-order valence-corrected chi connectivity index (χ0v) is 11.0. The Morgan fingerprint density at radius 3 is 2.65 bits per heavy atom. The summed E-state index contributed by atoms with van der Waals surface area (Å²) in [6, 6.07) is 0.640. The van der Waals surface area contributed by atoms with Crippen LogP contribution in [0.4, 0.5) is 0 Å². The van der Waals surface area contributed by atoms with E-state index in [1.165, 1.54) is 25.7 Å². The molecular formula is C14H26N2O. The molecule has 2 aliphatic rings. The minimum absolute atomic E-state index is 0.294. The molecule has 0 radical (unpaired) electrons. The molecule has 2 N–H and O–H groups in total. The first kappa shape index (κ1) is 12.9. The van der Waals surface area contributed by atoms with Crippen LogP contribution in [0.25, 0.3) is 0 Å². The van der Waals surface area contributed by atoms with Crippen molar-refractivity contribution in [1.29, 1.82) is 0 Å². The second kappa shape index (κ2) is 6.39. The van der Waals surface area contributed by atoms with Gasteiger partial charge in [-0.1, -0.05) is 6.92 Å². The summed E-state index contributed by atoms with van der Waals surface area (Å²) < 4.78 is 0. The van der Waals surface area contributed by atoms with E-state index >= 15 is 0 Å². The molecule has 2 fully saturated rings. The van der Waals surface area contributed by atoms with Gasteiger partial charge in [-0.25, -0.2) is 0 Å². The summed E-state index contributed by atoms with van der Waals surface area (Å²) in [5, 5.41) is 6.58. The standard InChI is InChI=1S/C14H26N2O/c1-11-4-6-12(7-5-11)14(17)16-10-8-13-3-2-9-15-13/h11-13,15H,2-10H2,1H3,(H,16,17). The highest BCUT2D eigenvalue weighted by Gasteiger charge is 2.24. The first-order chi connectivity index (χ1) is 8.25. The van der Waals surface area contributed by atoms with Gasteiger partial charge in [-0.05, 0) is 57.4 Å². The Morgan fingerprint density at radius 1 is 1.24 bits per heavy atom. The maximum Gasteiger partial charge on any atom is 0.223 e. The molecule has 1 aliphatic carbocycles. The van der Waals surface area contributed by atoms with Crippen LogP contribution < -0.4 is 10.6 Å². The minimum Gasteiger partial charge on any atom is -0.356 e. The molecule has 1 unspecified atom stereocenters. The van der Waals surface area contributed by atoms with Crippen LogP contribution in [0.2, 0.25) is 0 Å². The first-order valence-electron chi connectivity index (χ1n) is 7.27. The lowest BCUT2D eigenvalue weighted by Crippen LogP contribution is -2.35. The Balaban J connectivity index is 1.60. The predicted octanol–water partition coefficient (Wildman–Crippen LogP) is 2.07. The molecule has 1 aliphatic heterocycles. The van der Waals surface area contributed by atoms with E-state index < -0.39 is 0 Å². The molecular weight excluding hydrogens is 212 g/mol. The van der Waals surface area contributed by atoms with Gasteiger partial charge in [-0.3, -0.25) is 4.79 Å². The zero-order valence-electron chi connectivity index (χ0n) is 11.0. The molecule has 1 heterocycles. The molecule has 1 saturated carbocycles. The Morgan fingerprint density at radius 2 is 2.00 bits per heavy atom. The Hall–Kier alpha value is -0.570. The molecule has 0 aromatic rings. The van der Waals surface area contributed by atoms with Gasteiger partial charge in [0.2, 0.25) is 5.91 Å². The van der Waals surface area contributed by atoms with Gasteiger partial charge in [-0.15, -0.1) is 0 Å². The normalized spacial score (nSPS) is 33.6. The van der Waals surface area contributed by atoms with E-state index in [0.29, 0.717) is 17.9 Å². The van der Waals surface area contributed by atoms with E-state index in [1.807, 2.05) is 0 Å². The van der Waals surface area contributed by atoms with Gasteiger partial charge in [0.15, 0.2) is 0 Å². The largest absolute Gasteiger partial charge is 0.356 e. The lowest BCUT2D eigenvalue weighted by Gasteiger charge is -2.25. The van der Waals surface area contributed by atoms with Crippen molar-refractivity contribution in [1.82, 2.24) is 10.6 Å². The van der Waals surface area contributed by atoms with Crippen LogP contribution >= 0.6 is 0 Å². The summed E-state index contributed by atoms with van der Waals surface area (Å²) in [6.45, 7) is 4.29. The molecule has 3 heteroatoms. The third-order valence-corrected chi connectivity index (χ3v) is 4.34. The van der Waals surface area contributed by atoms with Crippen molar-refractivity contribution in [2.45, 2.75) is 57.9 Å². The number of rotatable bonds is 4. The van der Waals surface area contributed by atoms with Gasteiger partial charge in [0.1, 0.15) is 0 Å². The van der Waals surface area contributed by atoms with Crippen LogP contribution in [-0.4, -0.2) is 25.0 Å². The molecule has 2 rings (SSSR count). The van der Waals surface area contributed by atoms with Gasteiger partial charge in [0.05, 0.1) is 0 Å². The van der Waals surface area contributed by atoms with E-state index in [9.17, 15) is 4.79 Å². The number of nitrogens with one attached hydrogen (secondary N) is 2. The Bertz CT molecular complexity index is 241. The fraction of sp³-hybridized carbons (Fsp3) is 0.929. The fourth-order valence-electron chi connectivity index (χ4n) is 3.04. The summed E-state index contributed by atoms with van der Waals surface area (Å²) >= 11 is 0. The van der Waals surface area contributed by atoms with Crippen molar-refractivity contribution in [2.24, 2.45) is 11.8 Å². The second-order valence-corrected chi connectivity index (χ2v) is 5.83. The van der Waals surface area contributed by atoms with Crippen LogP contribution in [0.1, 0.15) is 51.9 Å². The van der Waals surface area contributed by atoms with Gasteiger partial charge in [-0.2, -0.15) is 0 Å². The van der Waals surface area contributed by atoms with Crippen molar-refractivity contribution in [3.63, 3.8) is 0 Å². The van der Waals surface area contributed by atoms with Gasteiger partial charge in [0.25, 0.3) is 0 Å². The first-order valence-corrected chi connectivity index (χ1v) is 7.27. The summed E-state index contributed by atoms with van der Waals surface area (Å²) in [7, 11) is 0. The van der Waals surface area contributed by atoms with Crippen molar-refractivity contribution in [3.05, 3.63) is 0 Å². The summed E-state index contributed by atoms with van der Waals surface area (Å²) in [4.78, 5) is 11.9. The molecule has 17 heavy (non-hydrogen) atoms. The van der Waals surface area contributed by atoms with E-state index in [0.717, 1.165) is 38.3 Å². The van der Waals surface area contributed by atoms with Crippen molar-refractivity contribution < 1.29 is 4.79 Å². The third-order valence-electron chi connectivity index (χ3n) is 4.34. The molecule has 0 spiro atoms. The van der Waals surface area contributed by atoms with Crippen LogP contribution in [0.15, 0.2) is 0 Å². The summed E-state index contributed by atoms with van der Waals surface area (Å²) in [5.41, 5.74) is 0. The average Bonchev–Trinajstić information content (AvgIpc) is 2.83. The zero-order chi connectivity index (χ0) is 12.1. The molecule has 0 aromatic heterocycles. The second-order valence-electron chi connectivity index (χ2n) is 5.83. The fourth-order valence-corrected chi connectivity index (χ4v) is 3.04. The number of carbonyl (C=O) groups excluding carboxylic acids is 1. The number of carbonyl (C=O) groups is 1. The van der Waals surface area contributed by atoms with Crippen molar-refractivity contribution in [2.75, 3.05) is 13.1 Å². The topological polar surface area (TPSA) is 41.1 Å². The molecule has 0 bridgehead atoms. The lowest BCUT2D eigenvalue weighted by atomic mass is 9.82. The molecule has 98 valence electrons. The lowest BCUT2D eigenvalue weighted by molar-refractivity contribution is -0.126. The van der Waals surface area contributed by atoms with Crippen molar-refractivity contribution >= 4 is 5.91 Å². The van der Waals surface area contributed by atoms with Gasteiger partial charge in [0, 0.05) is 18.5 Å². The van der Waals surface area contributed by atoms with E-state index in [2.05, 4.69) is 17.6 Å². The quantitative estimate of drug-likeness (QED) is 0.787. The van der Waals surface area contributed by atoms with Crippen LogP contribution in [0, 0.1) is 11.8 Å². The van der Waals surface area contributed by atoms with Crippen LogP contribution in [0.3, 0.4) is 0 Å². The van der Waals surface area contributed by atoms with E-state index in [1.54, 1.807) is 0 Å². The van der Waals surface area contributed by atoms with E-state index in [-0.39, 0.29) is 0 Å². The van der Waals surface area contributed by atoms with Crippen LogP contribution in [0.5, 0.6) is 0 Å². The van der Waals surface area contributed by atoms with Crippen molar-refractivity contribution in [3.8, 4) is 0 Å². The van der Waals surface area contributed by atoms with Gasteiger partial charge < -0.3 is 10.6 Å². The third kappa shape index (κ3) is 3.98. The smallest absolute Gasteiger partial charge is 0.223 e. The molecule has 1 atom stereocenters. The summed E-state index contributed by atoms with van der Waals surface area (Å²) in [5.74, 6) is 1.42. The number of hydrogen-bond donors (Lipinski definition) is 2. The molecule has 0 aromatic carbocycles. The number of amides is 1. The summed E-state index contributed by atoms with van der Waals surface area (Å²) in [6.07, 6.45) is 8.29. The van der Waals surface area contributed by atoms with Crippen LogP contribution in [-0.2, 0) is 4.79 Å². The minimum atomic E-state index is 0.294. The monoisotopic (exact) mass is 238 g/mol. The maximum absolute atomic E-state index is 11.9. The molecule has 3 nitrogen and oxygen atoms in total. The highest BCUT2D eigenvalue weighted by Crippen LogP contribution is 2.28. The highest BCUT2D eigenvalue weighted by atomic mass is 16.1. The highest BCUT2D eigenvalue weighted by molar-refractivity contribution is 5.78. The molecule has 1 saturated heterocycles. The Labute approximate surface area is 105 Å². The average molecular weight is 238 g/mol.